The second kappa shape index (κ2) is 4.33. The number of nitrogens with zero attached hydrogens (tertiary/aromatic N) is 1. The molecule has 0 saturated heterocycles. The van der Waals surface area contributed by atoms with Gasteiger partial charge in [-0.05, 0) is 12.1 Å². The predicted molar refractivity (Wildman–Crippen MR) is 53.4 cm³/mol. The van der Waals surface area contributed by atoms with E-state index in [4.69, 9.17) is 4.74 Å². The third-order valence-electron chi connectivity index (χ3n) is 1.57. The van der Waals surface area contributed by atoms with Gasteiger partial charge < -0.3 is 8.92 Å². The maximum atomic E-state index is 10.7. The third-order valence-corrected chi connectivity index (χ3v) is 1.98. The van der Waals surface area contributed by atoms with Crippen LogP contribution in [0.1, 0.15) is 0 Å². The fraction of sp³-hybridized carbons (Fsp3) is 0.143. The van der Waals surface area contributed by atoms with Crippen LogP contribution >= 0.6 is 0 Å². The molecule has 0 aromatic heterocycles. The highest BCUT2D eigenvalue weighted by Crippen LogP contribution is 2.36. The van der Waals surface area contributed by atoms with Crippen molar-refractivity contribution in [3.63, 3.8) is 0 Å². The first kappa shape index (κ1) is 12.2. The van der Waals surface area contributed by atoms with Crippen molar-refractivity contribution in [1.82, 2.24) is 0 Å². The number of hydrogen-bond acceptors (Lipinski definition) is 6. The summed E-state index contributed by atoms with van der Waals surface area (Å²) >= 11 is 0. The molecule has 9 heteroatoms. The lowest BCUT2D eigenvalue weighted by Gasteiger charge is -2.06. The van der Waals surface area contributed by atoms with Gasteiger partial charge in [-0.1, -0.05) is 6.07 Å². The van der Waals surface area contributed by atoms with E-state index in [1.165, 1.54) is 19.2 Å². The lowest BCUT2D eigenvalue weighted by molar-refractivity contribution is -0.386. The molecule has 0 aliphatic heterocycles. The number of benzene rings is 1. The zero-order valence-electron chi connectivity index (χ0n) is 8.11. The topological polar surface area (TPSA) is 122 Å². The molecule has 0 radical (unpaired) electrons. The van der Waals surface area contributed by atoms with Crippen LogP contribution in [0.25, 0.3) is 0 Å². The Kier molecular flexibility index (Phi) is 3.30. The average Bonchev–Trinajstić information content (AvgIpc) is 2.14. The first-order valence-corrected chi connectivity index (χ1v) is 5.36. The molecule has 0 spiro atoms. The van der Waals surface area contributed by atoms with Gasteiger partial charge >= 0.3 is 16.0 Å². The summed E-state index contributed by atoms with van der Waals surface area (Å²) in [5, 5.41) is 15.3. The van der Waals surface area contributed by atoms with E-state index in [0.717, 1.165) is 6.07 Å². The molecule has 0 aliphatic rings. The second-order valence-corrected chi connectivity index (χ2v) is 3.79. The van der Waals surface area contributed by atoms with Gasteiger partial charge in [-0.2, -0.15) is 13.6 Å². The Balaban J connectivity index is 3.33. The van der Waals surface area contributed by atoms with Crippen molar-refractivity contribution in [3.8, 4) is 11.5 Å². The summed E-state index contributed by atoms with van der Waals surface area (Å²) in [5.74, 6) is -0.613. The third kappa shape index (κ3) is 2.81. The van der Waals surface area contributed by atoms with E-state index in [2.05, 4.69) is 9.32 Å². The average molecular weight is 248 g/mol. The Labute approximate surface area is 91.0 Å². The van der Waals surface area contributed by atoms with E-state index in [-0.39, 0.29) is 5.75 Å². The zero-order chi connectivity index (χ0) is 12.3. The number of hydrogen-bond donors (Lipinski definition) is 1. The minimum absolute atomic E-state index is 0.119. The Bertz CT molecular complexity index is 512. The maximum absolute atomic E-state index is 10.7. The number of nitro groups is 1. The quantitative estimate of drug-likeness (QED) is 0.599. The molecule has 1 aromatic rings. The van der Waals surface area contributed by atoms with Crippen molar-refractivity contribution in [1.29, 1.82) is 0 Å². The molecule has 1 rings (SSSR count). The smallest absolute Gasteiger partial charge is 0.380 e. The lowest BCUT2D eigenvalue weighted by Crippen LogP contribution is -2.19. The normalized spacial score (nSPS) is 10.9. The highest BCUT2D eigenvalue weighted by atomic mass is 32.2. The van der Waals surface area contributed by atoms with E-state index < -0.39 is 26.7 Å². The van der Waals surface area contributed by atoms with Gasteiger partial charge in [0.2, 0.25) is 11.5 Å². The van der Waals surface area contributed by atoms with Crippen LogP contribution in [0, 0.1) is 10.1 Å². The molecule has 8 nitrogen and oxygen atoms in total. The molecule has 88 valence electrons. The number of rotatable bonds is 4. The SMILES string of the molecule is COc1cccc(OS(N)(=O)=O)c1[N+](=O)[O-]. The number of methoxy groups -OCH3 is 1. The zero-order valence-corrected chi connectivity index (χ0v) is 8.93. The molecule has 0 amide bonds. The Hall–Kier alpha value is -1.87. The number of nitrogens with two attached hydrogens (primary N) is 1. The summed E-state index contributed by atoms with van der Waals surface area (Å²) in [6.45, 7) is 0. The summed E-state index contributed by atoms with van der Waals surface area (Å²) in [4.78, 5) is 9.88. The molecule has 0 saturated carbocycles. The maximum Gasteiger partial charge on any atom is 0.380 e. The van der Waals surface area contributed by atoms with Gasteiger partial charge in [-0.3, -0.25) is 10.1 Å². The van der Waals surface area contributed by atoms with Crippen molar-refractivity contribution in [2.24, 2.45) is 5.14 Å². The van der Waals surface area contributed by atoms with Crippen molar-refractivity contribution in [3.05, 3.63) is 28.3 Å². The van der Waals surface area contributed by atoms with Gasteiger partial charge in [-0.15, -0.1) is 0 Å². The van der Waals surface area contributed by atoms with Gasteiger partial charge in [0, 0.05) is 0 Å². The van der Waals surface area contributed by atoms with E-state index in [9.17, 15) is 18.5 Å². The van der Waals surface area contributed by atoms with E-state index in [0.29, 0.717) is 0 Å². The van der Waals surface area contributed by atoms with Crippen molar-refractivity contribution in [2.45, 2.75) is 0 Å². The lowest BCUT2D eigenvalue weighted by atomic mass is 10.3. The number of para-hydroxylation sites is 1. The highest BCUT2D eigenvalue weighted by molar-refractivity contribution is 7.84. The van der Waals surface area contributed by atoms with Gasteiger partial charge in [0.25, 0.3) is 0 Å². The number of nitro benzene ring substituents is 1. The summed E-state index contributed by atoms with van der Waals surface area (Å²) in [6, 6.07) is 3.74. The van der Waals surface area contributed by atoms with Crippen LogP contribution in [0.3, 0.4) is 0 Å². The van der Waals surface area contributed by atoms with Gasteiger partial charge in [0.15, 0.2) is 0 Å². The van der Waals surface area contributed by atoms with Crippen LogP contribution in [-0.4, -0.2) is 20.5 Å². The summed E-state index contributed by atoms with van der Waals surface area (Å²) in [7, 11) is -3.11. The standard InChI is InChI=1S/C7H8N2O6S/c1-14-5-3-2-4-6(7(5)9(10)11)15-16(8,12)13/h2-4H,1H3,(H2,8,12,13). The van der Waals surface area contributed by atoms with Crippen LogP contribution in [-0.2, 0) is 10.3 Å². The highest BCUT2D eigenvalue weighted by Gasteiger charge is 2.24. The van der Waals surface area contributed by atoms with E-state index >= 15 is 0 Å². The van der Waals surface area contributed by atoms with Gasteiger partial charge in [0.1, 0.15) is 0 Å². The molecule has 0 atom stereocenters. The Morgan fingerprint density at radius 1 is 1.38 bits per heavy atom. The predicted octanol–water partition coefficient (Wildman–Crippen LogP) is 0.186. The molecule has 0 bridgehead atoms. The fourth-order valence-corrected chi connectivity index (χ4v) is 1.42. The molecule has 0 heterocycles. The van der Waals surface area contributed by atoms with E-state index in [1.807, 2.05) is 0 Å². The minimum Gasteiger partial charge on any atom is -0.490 e. The Morgan fingerprint density at radius 3 is 2.38 bits per heavy atom. The van der Waals surface area contributed by atoms with Gasteiger partial charge in [-0.25, -0.2) is 0 Å². The van der Waals surface area contributed by atoms with Crippen molar-refractivity contribution in [2.75, 3.05) is 7.11 Å². The van der Waals surface area contributed by atoms with Crippen LogP contribution in [0.5, 0.6) is 11.5 Å². The molecular formula is C7H8N2O6S. The molecule has 0 unspecified atom stereocenters. The molecule has 1 aromatic carbocycles. The molecule has 2 N–H and O–H groups in total. The minimum atomic E-state index is -4.32. The molecular weight excluding hydrogens is 240 g/mol. The first-order valence-electron chi connectivity index (χ1n) is 3.88. The second-order valence-electron chi connectivity index (χ2n) is 2.64. The van der Waals surface area contributed by atoms with E-state index in [1.54, 1.807) is 0 Å². The van der Waals surface area contributed by atoms with Crippen LogP contribution in [0.15, 0.2) is 18.2 Å². The fourth-order valence-electron chi connectivity index (χ4n) is 1.04. The summed E-state index contributed by atoms with van der Waals surface area (Å²) in [6.07, 6.45) is 0. The molecule has 0 aliphatic carbocycles. The summed E-state index contributed by atoms with van der Waals surface area (Å²) in [5.41, 5.74) is -0.598. The monoisotopic (exact) mass is 248 g/mol. The van der Waals surface area contributed by atoms with Crippen LogP contribution < -0.4 is 14.1 Å². The van der Waals surface area contributed by atoms with Crippen molar-refractivity contribution >= 4 is 16.0 Å². The molecule has 16 heavy (non-hydrogen) atoms. The van der Waals surface area contributed by atoms with Gasteiger partial charge in [0.05, 0.1) is 12.0 Å². The largest absolute Gasteiger partial charge is 0.490 e. The van der Waals surface area contributed by atoms with Crippen molar-refractivity contribution < 1.29 is 22.3 Å². The first-order chi connectivity index (χ1) is 7.35. The van der Waals surface area contributed by atoms with Crippen LogP contribution in [0.2, 0.25) is 0 Å². The summed E-state index contributed by atoms with van der Waals surface area (Å²) < 4.78 is 30.3. The molecule has 0 fully saturated rings. The van der Waals surface area contributed by atoms with Crippen LogP contribution in [0.4, 0.5) is 5.69 Å². The Morgan fingerprint density at radius 2 is 1.94 bits per heavy atom. The number of ether oxygens (including phenoxy) is 1.